The van der Waals surface area contributed by atoms with Gasteiger partial charge in [0.15, 0.2) is 0 Å². The van der Waals surface area contributed by atoms with Crippen LogP contribution in [-0.4, -0.2) is 48.6 Å². The second kappa shape index (κ2) is 8.68. The fourth-order valence-electron chi connectivity index (χ4n) is 1.60. The van der Waals surface area contributed by atoms with Crippen LogP contribution < -0.4 is 5.32 Å². The van der Waals surface area contributed by atoms with Crippen molar-refractivity contribution in [1.29, 1.82) is 0 Å². The van der Waals surface area contributed by atoms with E-state index in [1.54, 1.807) is 0 Å². The van der Waals surface area contributed by atoms with Gasteiger partial charge in [0, 0.05) is 32.6 Å². The third-order valence-corrected chi connectivity index (χ3v) is 2.42. The molecule has 0 radical (unpaired) electrons. The van der Waals surface area contributed by atoms with Crippen LogP contribution in [0.25, 0.3) is 0 Å². The Morgan fingerprint density at radius 1 is 1.07 bits per heavy atom. The summed E-state index contributed by atoms with van der Waals surface area (Å²) >= 11 is 0. The van der Waals surface area contributed by atoms with Crippen molar-refractivity contribution in [3.05, 3.63) is 0 Å². The zero-order valence-electron chi connectivity index (χ0n) is 10.5. The molecule has 0 bridgehead atoms. The Balaban J connectivity index is 4.08. The van der Waals surface area contributed by atoms with E-state index in [0.717, 1.165) is 32.7 Å². The van der Waals surface area contributed by atoms with Crippen molar-refractivity contribution in [3.63, 3.8) is 0 Å². The lowest BCUT2D eigenvalue weighted by molar-refractivity contribution is -0.147. The first-order chi connectivity index (χ1) is 7.21. The second-order valence-electron chi connectivity index (χ2n) is 3.35. The van der Waals surface area contributed by atoms with E-state index in [0.29, 0.717) is 6.42 Å². The number of amides is 1. The van der Waals surface area contributed by atoms with E-state index in [2.05, 4.69) is 24.2 Å². The number of carbonyl (C=O) groups excluding carboxylic acids is 1. The second-order valence-corrected chi connectivity index (χ2v) is 3.35. The molecule has 0 aliphatic rings. The summed E-state index contributed by atoms with van der Waals surface area (Å²) in [5.74, 6) is 0.210. The van der Waals surface area contributed by atoms with Crippen molar-refractivity contribution >= 4 is 5.91 Å². The Morgan fingerprint density at radius 2 is 1.67 bits per heavy atom. The third kappa shape index (κ3) is 5.14. The first-order valence-corrected chi connectivity index (χ1v) is 5.97. The standard InChI is InChI=1S/C11H25N3O/c1-5-12-10-9-11(15)14(8-4)13(6-2)7-3/h12H,5-10H2,1-4H3. The summed E-state index contributed by atoms with van der Waals surface area (Å²) in [6.07, 6.45) is 0.582. The van der Waals surface area contributed by atoms with Gasteiger partial charge in [0.2, 0.25) is 5.91 Å². The van der Waals surface area contributed by atoms with Crippen molar-refractivity contribution in [2.24, 2.45) is 0 Å². The van der Waals surface area contributed by atoms with Crippen LogP contribution in [0.15, 0.2) is 0 Å². The van der Waals surface area contributed by atoms with E-state index in [1.165, 1.54) is 0 Å². The molecule has 0 aromatic heterocycles. The minimum absolute atomic E-state index is 0.210. The average molecular weight is 215 g/mol. The maximum atomic E-state index is 11.9. The maximum Gasteiger partial charge on any atom is 0.238 e. The minimum atomic E-state index is 0.210. The number of rotatable bonds is 8. The van der Waals surface area contributed by atoms with Crippen LogP contribution in [0.1, 0.15) is 34.1 Å². The molecule has 0 saturated carbocycles. The van der Waals surface area contributed by atoms with Crippen molar-refractivity contribution in [2.75, 3.05) is 32.7 Å². The highest BCUT2D eigenvalue weighted by Crippen LogP contribution is 2.00. The zero-order valence-corrected chi connectivity index (χ0v) is 10.5. The summed E-state index contributed by atoms with van der Waals surface area (Å²) in [6, 6.07) is 0. The number of hydrogen-bond acceptors (Lipinski definition) is 3. The molecule has 0 aromatic rings. The molecule has 0 aliphatic carbocycles. The Hall–Kier alpha value is -0.610. The molecule has 0 spiro atoms. The lowest BCUT2D eigenvalue weighted by Gasteiger charge is -2.32. The van der Waals surface area contributed by atoms with Gasteiger partial charge in [-0.05, 0) is 13.5 Å². The molecule has 0 aromatic carbocycles. The molecule has 0 unspecified atom stereocenters. The number of nitrogens with one attached hydrogen (secondary N) is 1. The van der Waals surface area contributed by atoms with E-state index in [-0.39, 0.29) is 5.91 Å². The highest BCUT2D eigenvalue weighted by Gasteiger charge is 2.16. The lowest BCUT2D eigenvalue weighted by Crippen LogP contribution is -2.46. The minimum Gasteiger partial charge on any atom is -0.316 e. The van der Waals surface area contributed by atoms with Gasteiger partial charge in [-0.2, -0.15) is 0 Å². The van der Waals surface area contributed by atoms with Gasteiger partial charge in [0.25, 0.3) is 0 Å². The Morgan fingerprint density at radius 3 is 2.07 bits per heavy atom. The van der Waals surface area contributed by atoms with Crippen LogP contribution in [-0.2, 0) is 4.79 Å². The summed E-state index contributed by atoms with van der Waals surface area (Å²) in [5, 5.41) is 7.09. The van der Waals surface area contributed by atoms with Crippen molar-refractivity contribution in [1.82, 2.24) is 15.3 Å². The highest BCUT2D eigenvalue weighted by atomic mass is 16.2. The van der Waals surface area contributed by atoms with Crippen LogP contribution >= 0.6 is 0 Å². The summed E-state index contributed by atoms with van der Waals surface area (Å²) in [6.45, 7) is 12.4. The van der Waals surface area contributed by atoms with E-state index in [4.69, 9.17) is 0 Å². The van der Waals surface area contributed by atoms with E-state index >= 15 is 0 Å². The van der Waals surface area contributed by atoms with Crippen LogP contribution in [0.4, 0.5) is 0 Å². The molecule has 0 fully saturated rings. The molecule has 0 saturated heterocycles. The van der Waals surface area contributed by atoms with Crippen molar-refractivity contribution < 1.29 is 4.79 Å². The molecule has 0 aliphatic heterocycles. The van der Waals surface area contributed by atoms with Crippen LogP contribution in [0.3, 0.4) is 0 Å². The van der Waals surface area contributed by atoms with E-state index in [1.807, 2.05) is 18.9 Å². The van der Waals surface area contributed by atoms with E-state index < -0.39 is 0 Å². The Labute approximate surface area is 93.6 Å². The summed E-state index contributed by atoms with van der Waals surface area (Å²) in [7, 11) is 0. The molecule has 0 heterocycles. The van der Waals surface area contributed by atoms with Gasteiger partial charge in [0.1, 0.15) is 0 Å². The third-order valence-electron chi connectivity index (χ3n) is 2.42. The number of hydrogen-bond donors (Lipinski definition) is 1. The molecule has 90 valence electrons. The van der Waals surface area contributed by atoms with Crippen molar-refractivity contribution in [2.45, 2.75) is 34.1 Å². The topological polar surface area (TPSA) is 35.6 Å². The normalized spacial score (nSPS) is 10.7. The van der Waals surface area contributed by atoms with Gasteiger partial charge in [-0.3, -0.25) is 9.80 Å². The monoisotopic (exact) mass is 215 g/mol. The summed E-state index contributed by atoms with van der Waals surface area (Å²) < 4.78 is 0. The highest BCUT2D eigenvalue weighted by molar-refractivity contribution is 5.75. The first kappa shape index (κ1) is 14.4. The summed E-state index contributed by atoms with van der Waals surface area (Å²) in [5.41, 5.74) is 0. The Bertz CT molecular complexity index is 169. The SMILES string of the molecule is CCNCCC(=O)N(CC)N(CC)CC. The number of nitrogens with zero attached hydrogens (tertiary/aromatic N) is 2. The number of hydrazine groups is 1. The molecule has 4 nitrogen and oxygen atoms in total. The molecular formula is C11H25N3O. The van der Waals surface area contributed by atoms with Gasteiger partial charge in [-0.15, -0.1) is 0 Å². The predicted molar refractivity (Wildman–Crippen MR) is 63.5 cm³/mol. The van der Waals surface area contributed by atoms with Crippen LogP contribution in [0, 0.1) is 0 Å². The zero-order chi connectivity index (χ0) is 11.7. The molecule has 4 heteroatoms. The predicted octanol–water partition coefficient (Wildman–Crippen LogP) is 1.09. The fourth-order valence-corrected chi connectivity index (χ4v) is 1.60. The van der Waals surface area contributed by atoms with Gasteiger partial charge >= 0.3 is 0 Å². The van der Waals surface area contributed by atoms with Crippen molar-refractivity contribution in [3.8, 4) is 0 Å². The molecular weight excluding hydrogens is 190 g/mol. The van der Waals surface area contributed by atoms with Crippen LogP contribution in [0.5, 0.6) is 0 Å². The smallest absolute Gasteiger partial charge is 0.238 e. The van der Waals surface area contributed by atoms with Gasteiger partial charge in [-0.25, -0.2) is 5.01 Å². The molecule has 1 N–H and O–H groups in total. The fraction of sp³-hybridized carbons (Fsp3) is 0.909. The van der Waals surface area contributed by atoms with Gasteiger partial charge in [-0.1, -0.05) is 20.8 Å². The molecule has 1 amide bonds. The Kier molecular flexibility index (Phi) is 8.33. The maximum absolute atomic E-state index is 11.9. The molecule has 0 rings (SSSR count). The quantitative estimate of drug-likeness (QED) is 0.486. The van der Waals surface area contributed by atoms with E-state index in [9.17, 15) is 4.79 Å². The lowest BCUT2D eigenvalue weighted by atomic mass is 10.3. The van der Waals surface area contributed by atoms with Gasteiger partial charge < -0.3 is 5.32 Å². The average Bonchev–Trinajstić information content (AvgIpc) is 2.25. The van der Waals surface area contributed by atoms with Gasteiger partial charge in [0.05, 0.1) is 0 Å². The number of carbonyl (C=O) groups is 1. The summed E-state index contributed by atoms with van der Waals surface area (Å²) in [4.78, 5) is 11.9. The van der Waals surface area contributed by atoms with Crippen LogP contribution in [0.2, 0.25) is 0 Å². The first-order valence-electron chi connectivity index (χ1n) is 5.97. The molecule has 0 atom stereocenters. The largest absolute Gasteiger partial charge is 0.316 e. The molecule has 15 heavy (non-hydrogen) atoms.